The van der Waals surface area contributed by atoms with Crippen molar-refractivity contribution in [2.45, 2.75) is 19.9 Å². The zero-order chi connectivity index (χ0) is 18.6. The van der Waals surface area contributed by atoms with Crippen LogP contribution in [-0.4, -0.2) is 80.1 Å². The zero-order valence-electron chi connectivity index (χ0n) is 16.9. The Hall–Kier alpha value is -1.05. The van der Waals surface area contributed by atoms with Gasteiger partial charge >= 0.3 is 0 Å². The summed E-state index contributed by atoms with van der Waals surface area (Å²) < 4.78 is 5.21. The van der Waals surface area contributed by atoms with Crippen LogP contribution >= 0.6 is 24.8 Å². The lowest BCUT2D eigenvalue weighted by atomic mass is 9.90. The molecule has 2 N–H and O–H groups in total. The third-order valence-electron chi connectivity index (χ3n) is 5.78. The molecule has 2 fully saturated rings. The monoisotopic (exact) mass is 432 g/mol. The molecule has 2 saturated heterocycles. The number of halogens is 2. The molecular weight excluding hydrogens is 399 g/mol. The second-order valence-electron chi connectivity index (χ2n) is 7.98. The van der Waals surface area contributed by atoms with E-state index in [1.807, 2.05) is 17.0 Å². The Labute approximate surface area is 181 Å². The molecule has 1 amide bonds. The van der Waals surface area contributed by atoms with Gasteiger partial charge in [0.1, 0.15) is 5.75 Å². The van der Waals surface area contributed by atoms with Crippen molar-refractivity contribution in [1.82, 2.24) is 14.7 Å². The van der Waals surface area contributed by atoms with Crippen molar-refractivity contribution < 1.29 is 9.53 Å². The number of ether oxygens (including phenoxy) is 1. The second kappa shape index (κ2) is 11.2. The topological polar surface area (TPSA) is 62.0 Å². The molecular formula is C20H34Cl2N4O2. The summed E-state index contributed by atoms with van der Waals surface area (Å²) in [6, 6.07) is 8.22. The van der Waals surface area contributed by atoms with Gasteiger partial charge < -0.3 is 15.4 Å². The summed E-state index contributed by atoms with van der Waals surface area (Å²) in [6.07, 6.45) is 1.09. The minimum Gasteiger partial charge on any atom is -0.497 e. The average Bonchev–Trinajstić information content (AvgIpc) is 3.04. The van der Waals surface area contributed by atoms with Crippen molar-refractivity contribution in [3.63, 3.8) is 0 Å². The van der Waals surface area contributed by atoms with Gasteiger partial charge in [0, 0.05) is 39.3 Å². The van der Waals surface area contributed by atoms with Gasteiger partial charge in [-0.15, -0.1) is 24.8 Å². The molecule has 1 aromatic carbocycles. The van der Waals surface area contributed by atoms with Crippen molar-refractivity contribution in [2.75, 3.05) is 59.5 Å². The molecule has 2 aliphatic rings. The van der Waals surface area contributed by atoms with E-state index in [1.54, 1.807) is 7.11 Å². The molecule has 1 aromatic rings. The van der Waals surface area contributed by atoms with E-state index in [4.69, 9.17) is 10.5 Å². The maximum atomic E-state index is 12.6. The first-order valence-corrected chi connectivity index (χ1v) is 9.57. The van der Waals surface area contributed by atoms with Crippen LogP contribution in [0.3, 0.4) is 0 Å². The number of nitrogens with two attached hydrogens (primary N) is 1. The number of carbonyl (C=O) groups is 1. The first-order chi connectivity index (χ1) is 12.5. The Balaban J connectivity index is 0.00000196. The van der Waals surface area contributed by atoms with E-state index in [2.05, 4.69) is 28.9 Å². The molecule has 2 heterocycles. The maximum absolute atomic E-state index is 12.6. The van der Waals surface area contributed by atoms with Crippen molar-refractivity contribution in [2.24, 2.45) is 11.1 Å². The summed E-state index contributed by atoms with van der Waals surface area (Å²) in [5.41, 5.74) is 7.32. The fraction of sp³-hybridized carbons (Fsp3) is 0.650. The Morgan fingerprint density at radius 2 is 1.71 bits per heavy atom. The Morgan fingerprint density at radius 1 is 1.07 bits per heavy atom. The van der Waals surface area contributed by atoms with E-state index in [0.717, 1.165) is 58.0 Å². The zero-order valence-corrected chi connectivity index (χ0v) is 18.6. The quantitative estimate of drug-likeness (QED) is 0.742. The van der Waals surface area contributed by atoms with E-state index in [-0.39, 0.29) is 36.1 Å². The number of benzene rings is 1. The number of hydrogen-bond acceptors (Lipinski definition) is 5. The minimum absolute atomic E-state index is 0. The normalized spacial score (nSPS) is 23.0. The van der Waals surface area contributed by atoms with Crippen molar-refractivity contribution >= 4 is 30.7 Å². The van der Waals surface area contributed by atoms with Crippen LogP contribution in [0.2, 0.25) is 0 Å². The van der Waals surface area contributed by atoms with E-state index >= 15 is 0 Å². The van der Waals surface area contributed by atoms with Gasteiger partial charge in [0.05, 0.1) is 13.7 Å². The van der Waals surface area contributed by atoms with Crippen molar-refractivity contribution in [3.05, 3.63) is 29.8 Å². The maximum Gasteiger partial charge on any atom is 0.236 e. The van der Waals surface area contributed by atoms with Gasteiger partial charge in [0.15, 0.2) is 0 Å². The fourth-order valence-electron chi connectivity index (χ4n) is 3.86. The van der Waals surface area contributed by atoms with Crippen LogP contribution in [0.4, 0.5) is 0 Å². The summed E-state index contributed by atoms with van der Waals surface area (Å²) in [5.74, 6) is 1.15. The Bertz CT molecular complexity index is 609. The van der Waals surface area contributed by atoms with Crippen LogP contribution in [0, 0.1) is 5.41 Å². The number of rotatable bonds is 6. The number of nitrogens with zero attached hydrogens (tertiary/aromatic N) is 3. The molecule has 3 rings (SSSR count). The molecule has 0 bridgehead atoms. The van der Waals surface area contributed by atoms with Gasteiger partial charge in [-0.1, -0.05) is 19.1 Å². The van der Waals surface area contributed by atoms with E-state index in [0.29, 0.717) is 13.1 Å². The van der Waals surface area contributed by atoms with Crippen LogP contribution in [0.5, 0.6) is 5.75 Å². The first kappa shape index (κ1) is 25.0. The predicted molar refractivity (Wildman–Crippen MR) is 118 cm³/mol. The van der Waals surface area contributed by atoms with Crippen LogP contribution in [-0.2, 0) is 11.3 Å². The van der Waals surface area contributed by atoms with Crippen LogP contribution in [0.15, 0.2) is 24.3 Å². The lowest BCUT2D eigenvalue weighted by molar-refractivity contribution is -0.134. The number of carbonyl (C=O) groups excluding carboxylic acids is 1. The molecule has 8 heteroatoms. The van der Waals surface area contributed by atoms with E-state index < -0.39 is 0 Å². The van der Waals surface area contributed by atoms with Gasteiger partial charge in [-0.05, 0) is 42.6 Å². The number of likely N-dealkylation sites (tertiary alicyclic amines) is 1. The molecule has 1 atom stereocenters. The summed E-state index contributed by atoms with van der Waals surface area (Å²) in [7, 11) is 1.68. The molecule has 0 aliphatic carbocycles. The molecule has 1 unspecified atom stereocenters. The predicted octanol–water partition coefficient (Wildman–Crippen LogP) is 1.85. The van der Waals surface area contributed by atoms with Gasteiger partial charge in [-0.2, -0.15) is 0 Å². The highest BCUT2D eigenvalue weighted by molar-refractivity contribution is 5.85. The van der Waals surface area contributed by atoms with Gasteiger partial charge in [0.25, 0.3) is 0 Å². The summed E-state index contributed by atoms with van der Waals surface area (Å²) >= 11 is 0. The summed E-state index contributed by atoms with van der Waals surface area (Å²) in [4.78, 5) is 19.3. The van der Waals surface area contributed by atoms with Crippen LogP contribution < -0.4 is 10.5 Å². The molecule has 6 nitrogen and oxygen atoms in total. The number of amides is 1. The highest BCUT2D eigenvalue weighted by atomic mass is 35.5. The SMILES string of the molecule is COc1ccc(CN2CCN(C(=O)CN3CCC(C)(CN)C3)CC2)cc1.Cl.Cl. The lowest BCUT2D eigenvalue weighted by Gasteiger charge is -2.35. The van der Waals surface area contributed by atoms with Crippen LogP contribution in [0.1, 0.15) is 18.9 Å². The van der Waals surface area contributed by atoms with Crippen molar-refractivity contribution in [3.8, 4) is 5.75 Å². The number of methoxy groups -OCH3 is 1. The second-order valence-corrected chi connectivity index (χ2v) is 7.98. The third kappa shape index (κ3) is 6.49. The Kier molecular flexibility index (Phi) is 10.0. The smallest absolute Gasteiger partial charge is 0.236 e. The molecule has 0 radical (unpaired) electrons. The fourth-order valence-corrected chi connectivity index (χ4v) is 3.86. The number of piperazine rings is 1. The van der Waals surface area contributed by atoms with E-state index in [1.165, 1.54) is 5.56 Å². The largest absolute Gasteiger partial charge is 0.497 e. The lowest BCUT2D eigenvalue weighted by Crippen LogP contribution is -2.50. The third-order valence-corrected chi connectivity index (χ3v) is 5.78. The van der Waals surface area contributed by atoms with Gasteiger partial charge in [-0.25, -0.2) is 0 Å². The molecule has 0 spiro atoms. The minimum atomic E-state index is 0. The summed E-state index contributed by atoms with van der Waals surface area (Å²) in [5, 5.41) is 0. The highest BCUT2D eigenvalue weighted by Crippen LogP contribution is 2.28. The number of hydrogen-bond donors (Lipinski definition) is 1. The molecule has 160 valence electrons. The highest BCUT2D eigenvalue weighted by Gasteiger charge is 2.34. The average molecular weight is 433 g/mol. The first-order valence-electron chi connectivity index (χ1n) is 9.57. The molecule has 0 aromatic heterocycles. The Morgan fingerprint density at radius 3 is 2.25 bits per heavy atom. The molecule has 28 heavy (non-hydrogen) atoms. The van der Waals surface area contributed by atoms with Crippen molar-refractivity contribution in [1.29, 1.82) is 0 Å². The molecule has 0 saturated carbocycles. The molecule has 2 aliphatic heterocycles. The van der Waals surface area contributed by atoms with Crippen LogP contribution in [0.25, 0.3) is 0 Å². The van der Waals surface area contributed by atoms with Gasteiger partial charge in [0.2, 0.25) is 5.91 Å². The summed E-state index contributed by atoms with van der Waals surface area (Å²) in [6.45, 7) is 9.78. The standard InChI is InChI=1S/C20H32N4O2.2ClH/c1-20(15-21)7-8-23(16-20)14-19(25)24-11-9-22(10-12-24)13-17-3-5-18(26-2)6-4-17;;/h3-6H,7-16,21H2,1-2H3;2*1H. The van der Waals surface area contributed by atoms with Gasteiger partial charge in [-0.3, -0.25) is 14.6 Å². The van der Waals surface area contributed by atoms with E-state index in [9.17, 15) is 4.79 Å².